The summed E-state index contributed by atoms with van der Waals surface area (Å²) in [5, 5.41) is 10.7. The molecule has 1 aliphatic heterocycles. The molecule has 0 amide bonds. The molecule has 12 nitrogen and oxygen atoms in total. The molecule has 1 aliphatic rings. The molecule has 0 spiro atoms. The predicted molar refractivity (Wildman–Crippen MR) is 109 cm³/mol. The third kappa shape index (κ3) is 5.22. The molecule has 0 saturated carbocycles. The van der Waals surface area contributed by atoms with E-state index >= 15 is 0 Å². The van der Waals surface area contributed by atoms with Gasteiger partial charge in [0.25, 0.3) is 5.56 Å². The highest BCUT2D eigenvalue weighted by Gasteiger charge is 2.45. The zero-order valence-electron chi connectivity index (χ0n) is 17.5. The van der Waals surface area contributed by atoms with Crippen LogP contribution in [0.15, 0.2) is 34.4 Å². The van der Waals surface area contributed by atoms with Crippen LogP contribution in [0.4, 0.5) is 0 Å². The molecule has 4 atom stereocenters. The van der Waals surface area contributed by atoms with Crippen molar-refractivity contribution >= 4 is 7.60 Å². The molecular formula is C18H27N4O8P. The van der Waals surface area contributed by atoms with Crippen molar-refractivity contribution in [3.8, 4) is 0 Å². The maximum Gasteiger partial charge on any atom is 0.336 e. The number of H-pyrrole nitrogens is 1. The Morgan fingerprint density at radius 2 is 2.00 bits per heavy atom. The monoisotopic (exact) mass is 458 g/mol. The number of hydrogen-bond acceptors (Lipinski definition) is 9. The molecule has 0 radical (unpaired) electrons. The van der Waals surface area contributed by atoms with Crippen molar-refractivity contribution in [1.29, 1.82) is 0 Å². The Morgan fingerprint density at radius 1 is 1.29 bits per heavy atom. The van der Waals surface area contributed by atoms with Crippen LogP contribution in [0.25, 0.3) is 0 Å². The van der Waals surface area contributed by atoms with Crippen LogP contribution in [0.1, 0.15) is 25.8 Å². The van der Waals surface area contributed by atoms with Crippen LogP contribution in [0.5, 0.6) is 0 Å². The van der Waals surface area contributed by atoms with E-state index in [-0.39, 0.29) is 25.9 Å². The van der Waals surface area contributed by atoms with E-state index in [0.29, 0.717) is 5.69 Å². The van der Waals surface area contributed by atoms with Crippen LogP contribution in [-0.2, 0) is 35.8 Å². The second kappa shape index (κ2) is 10.0. The smallest absolute Gasteiger partial charge is 0.336 e. The Morgan fingerprint density at radius 3 is 2.61 bits per heavy atom. The molecule has 2 aromatic heterocycles. The maximum atomic E-state index is 12.9. The van der Waals surface area contributed by atoms with Crippen molar-refractivity contribution in [1.82, 2.24) is 19.1 Å². The second-order valence-electron chi connectivity index (χ2n) is 6.92. The number of imidazole rings is 1. The summed E-state index contributed by atoms with van der Waals surface area (Å²) in [6, 6.07) is 1.18. The van der Waals surface area contributed by atoms with Crippen LogP contribution in [0.3, 0.4) is 0 Å². The molecular weight excluding hydrogens is 431 g/mol. The molecule has 0 aromatic carbocycles. The first-order valence-corrected chi connectivity index (χ1v) is 11.6. The molecule has 172 valence electrons. The summed E-state index contributed by atoms with van der Waals surface area (Å²) in [5.74, 6) is 0. The fraction of sp³-hybridized carbons (Fsp3) is 0.611. The Bertz CT molecular complexity index is 1020. The van der Waals surface area contributed by atoms with Gasteiger partial charge in [-0.2, -0.15) is 0 Å². The normalized spacial score (nSPS) is 24.0. The molecule has 1 saturated heterocycles. The van der Waals surface area contributed by atoms with E-state index in [1.54, 1.807) is 24.6 Å². The Hall–Kier alpha value is -2.08. The van der Waals surface area contributed by atoms with E-state index in [1.165, 1.54) is 25.7 Å². The predicted octanol–water partition coefficient (Wildman–Crippen LogP) is 0.473. The molecule has 0 bridgehead atoms. The van der Waals surface area contributed by atoms with Gasteiger partial charge in [0.05, 0.1) is 32.2 Å². The molecule has 13 heteroatoms. The van der Waals surface area contributed by atoms with E-state index < -0.39 is 43.4 Å². The van der Waals surface area contributed by atoms with Crippen molar-refractivity contribution in [3.63, 3.8) is 0 Å². The lowest BCUT2D eigenvalue weighted by molar-refractivity contribution is -0.0561. The van der Waals surface area contributed by atoms with Crippen LogP contribution < -0.4 is 11.2 Å². The average molecular weight is 458 g/mol. The minimum atomic E-state index is -3.35. The highest BCUT2D eigenvalue weighted by atomic mass is 31.2. The van der Waals surface area contributed by atoms with Crippen molar-refractivity contribution in [3.05, 3.63) is 51.3 Å². The summed E-state index contributed by atoms with van der Waals surface area (Å²) in [7, 11) is -1.96. The summed E-state index contributed by atoms with van der Waals surface area (Å²) >= 11 is 0. The number of nitrogens with zero attached hydrogens (tertiary/aromatic N) is 3. The highest BCUT2D eigenvalue weighted by Crippen LogP contribution is 2.51. The molecule has 0 aliphatic carbocycles. The third-order valence-corrected chi connectivity index (χ3v) is 6.91. The van der Waals surface area contributed by atoms with Crippen molar-refractivity contribution in [2.45, 2.75) is 51.1 Å². The number of aliphatic hydroxyl groups excluding tert-OH is 1. The first kappa shape index (κ1) is 23.6. The minimum Gasteiger partial charge on any atom is -0.387 e. The van der Waals surface area contributed by atoms with E-state index in [9.17, 15) is 19.3 Å². The SMILES string of the molecule is CCOP(=O)(Cc1cncn1C[C@H]1O[C@@H](n2ccc(=O)[nH]c2=O)C(OC)C1O)OCC. The quantitative estimate of drug-likeness (QED) is 0.485. The van der Waals surface area contributed by atoms with Gasteiger partial charge in [0.2, 0.25) is 0 Å². The topological polar surface area (TPSA) is 147 Å². The van der Waals surface area contributed by atoms with Crippen LogP contribution >= 0.6 is 7.60 Å². The van der Waals surface area contributed by atoms with Crippen molar-refractivity contribution in [2.24, 2.45) is 0 Å². The van der Waals surface area contributed by atoms with Gasteiger partial charge in [0.15, 0.2) is 6.23 Å². The van der Waals surface area contributed by atoms with Gasteiger partial charge in [0.1, 0.15) is 18.3 Å². The molecule has 3 heterocycles. The number of rotatable bonds is 10. The Balaban J connectivity index is 1.81. The summed E-state index contributed by atoms with van der Waals surface area (Å²) in [5.41, 5.74) is -0.633. The van der Waals surface area contributed by atoms with Crippen LogP contribution in [-0.4, -0.2) is 62.8 Å². The molecule has 2 N–H and O–H groups in total. The number of hydrogen-bond donors (Lipinski definition) is 2. The summed E-state index contributed by atoms with van der Waals surface area (Å²) in [6.45, 7) is 4.09. The fourth-order valence-electron chi connectivity index (χ4n) is 3.53. The Labute approximate surface area is 178 Å². The van der Waals surface area contributed by atoms with Gasteiger partial charge >= 0.3 is 13.3 Å². The molecule has 2 unspecified atom stereocenters. The van der Waals surface area contributed by atoms with Gasteiger partial charge in [-0.05, 0) is 13.8 Å². The van der Waals surface area contributed by atoms with Gasteiger partial charge in [-0.25, -0.2) is 9.78 Å². The zero-order chi connectivity index (χ0) is 22.6. The highest BCUT2D eigenvalue weighted by molar-refractivity contribution is 7.53. The molecule has 31 heavy (non-hydrogen) atoms. The van der Waals surface area contributed by atoms with E-state index in [4.69, 9.17) is 18.5 Å². The zero-order valence-corrected chi connectivity index (χ0v) is 18.4. The minimum absolute atomic E-state index is 0.00795. The summed E-state index contributed by atoms with van der Waals surface area (Å²) in [6.07, 6.45) is 0.732. The number of aliphatic hydroxyl groups is 1. The van der Waals surface area contributed by atoms with Crippen LogP contribution in [0.2, 0.25) is 0 Å². The molecule has 2 aromatic rings. The summed E-state index contributed by atoms with van der Waals surface area (Å²) in [4.78, 5) is 29.8. The first-order valence-electron chi connectivity index (χ1n) is 9.86. The number of ether oxygens (including phenoxy) is 2. The van der Waals surface area contributed by atoms with Gasteiger partial charge in [-0.15, -0.1) is 0 Å². The van der Waals surface area contributed by atoms with Crippen molar-refractivity contribution < 1.29 is 28.2 Å². The van der Waals surface area contributed by atoms with Gasteiger partial charge in [0, 0.05) is 31.3 Å². The number of aromatic amines is 1. The Kier molecular flexibility index (Phi) is 7.63. The molecule has 3 rings (SSSR count). The number of aromatic nitrogens is 4. The summed E-state index contributed by atoms with van der Waals surface area (Å²) < 4.78 is 37.7. The maximum absolute atomic E-state index is 12.9. The average Bonchev–Trinajstić information content (AvgIpc) is 3.26. The van der Waals surface area contributed by atoms with Crippen LogP contribution in [0, 0.1) is 0 Å². The number of nitrogens with one attached hydrogen (secondary N) is 1. The van der Waals surface area contributed by atoms with E-state index in [2.05, 4.69) is 9.97 Å². The molecule has 1 fully saturated rings. The fourth-order valence-corrected chi connectivity index (χ4v) is 5.24. The number of methoxy groups -OCH3 is 1. The van der Waals surface area contributed by atoms with Gasteiger partial charge in [-0.1, -0.05) is 0 Å². The lowest BCUT2D eigenvalue weighted by Gasteiger charge is -2.20. The van der Waals surface area contributed by atoms with Gasteiger partial charge in [-0.3, -0.25) is 18.9 Å². The lowest BCUT2D eigenvalue weighted by Crippen LogP contribution is -2.38. The first-order chi connectivity index (χ1) is 14.8. The van der Waals surface area contributed by atoms with Gasteiger partial charge < -0.3 is 28.2 Å². The van der Waals surface area contributed by atoms with E-state index in [0.717, 1.165) is 4.57 Å². The standard InChI is InChI=1S/C18H27N4O8P/c1-4-28-31(26,29-5-2)10-12-8-19-11-21(12)9-13-15(24)16(27-3)17(30-13)22-7-6-14(23)20-18(22)25/h6-8,11,13,15-17,24H,4-5,9-10H2,1-3H3,(H,20,23,25)/t13-,15?,16?,17-/m1/s1. The lowest BCUT2D eigenvalue weighted by atomic mass is 10.1. The third-order valence-electron chi connectivity index (χ3n) is 4.89. The largest absolute Gasteiger partial charge is 0.387 e. The second-order valence-corrected chi connectivity index (χ2v) is 8.97. The van der Waals surface area contributed by atoms with Crippen molar-refractivity contribution in [2.75, 3.05) is 20.3 Å². The van der Waals surface area contributed by atoms with E-state index in [1.807, 2.05) is 0 Å².